The van der Waals surface area contributed by atoms with E-state index in [0.29, 0.717) is 6.42 Å². The Morgan fingerprint density at radius 3 is 2.87 bits per heavy atom. The first-order valence-corrected chi connectivity index (χ1v) is 4.50. The Bertz CT molecular complexity index is 495. The molecule has 1 rings (SSSR count). The lowest BCUT2D eigenvalue weighted by molar-refractivity contribution is 0.148. The van der Waals surface area contributed by atoms with Gasteiger partial charge >= 0.3 is 5.69 Å². The SMILES string of the molecule is CCC(O)Cn1cc(C#N)c(=O)[nH]c1=O. The van der Waals surface area contributed by atoms with Crippen LogP contribution in [0.4, 0.5) is 0 Å². The van der Waals surface area contributed by atoms with Crippen LogP contribution in [0.3, 0.4) is 0 Å². The fraction of sp³-hybridized carbons (Fsp3) is 0.444. The van der Waals surface area contributed by atoms with E-state index in [-0.39, 0.29) is 12.1 Å². The summed E-state index contributed by atoms with van der Waals surface area (Å²) in [6.07, 6.45) is 0.980. The molecule has 6 nitrogen and oxygen atoms in total. The highest BCUT2D eigenvalue weighted by atomic mass is 16.3. The first-order valence-electron chi connectivity index (χ1n) is 4.50. The average Bonchev–Trinajstić information content (AvgIpc) is 2.21. The van der Waals surface area contributed by atoms with E-state index in [1.54, 1.807) is 13.0 Å². The highest BCUT2D eigenvalue weighted by Gasteiger charge is 2.07. The number of rotatable bonds is 3. The van der Waals surface area contributed by atoms with Gasteiger partial charge in [-0.3, -0.25) is 14.3 Å². The minimum atomic E-state index is -0.704. The van der Waals surface area contributed by atoms with Crippen molar-refractivity contribution in [2.24, 2.45) is 0 Å². The second-order valence-electron chi connectivity index (χ2n) is 3.13. The minimum absolute atomic E-state index is 0.0702. The van der Waals surface area contributed by atoms with Crippen molar-refractivity contribution in [3.05, 3.63) is 32.6 Å². The van der Waals surface area contributed by atoms with E-state index >= 15 is 0 Å². The van der Waals surface area contributed by atoms with Gasteiger partial charge in [0.2, 0.25) is 0 Å². The number of aliphatic hydroxyl groups excluding tert-OH is 1. The zero-order valence-electron chi connectivity index (χ0n) is 8.23. The summed E-state index contributed by atoms with van der Waals surface area (Å²) in [6.45, 7) is 1.84. The van der Waals surface area contributed by atoms with Gasteiger partial charge in [-0.1, -0.05) is 6.92 Å². The lowest BCUT2D eigenvalue weighted by atomic mass is 10.3. The van der Waals surface area contributed by atoms with Crippen LogP contribution < -0.4 is 11.2 Å². The van der Waals surface area contributed by atoms with E-state index in [9.17, 15) is 14.7 Å². The van der Waals surface area contributed by atoms with Crippen LogP contribution in [0.15, 0.2) is 15.8 Å². The van der Waals surface area contributed by atoms with Gasteiger partial charge in [-0.05, 0) is 6.42 Å². The van der Waals surface area contributed by atoms with Crippen LogP contribution >= 0.6 is 0 Å². The van der Waals surface area contributed by atoms with E-state index < -0.39 is 17.4 Å². The standard InChI is InChI=1S/C9H11N3O3/c1-2-7(13)5-12-4-6(3-10)8(14)11-9(12)15/h4,7,13H,2,5H2,1H3,(H,11,14,15). The third-order valence-electron chi connectivity index (χ3n) is 2.01. The van der Waals surface area contributed by atoms with Gasteiger partial charge in [-0.15, -0.1) is 0 Å². The molecule has 15 heavy (non-hydrogen) atoms. The molecule has 1 unspecified atom stereocenters. The number of aliphatic hydroxyl groups is 1. The molecule has 0 amide bonds. The fourth-order valence-electron chi connectivity index (χ4n) is 1.08. The topological polar surface area (TPSA) is 98.9 Å². The highest BCUT2D eigenvalue weighted by molar-refractivity contribution is 5.21. The van der Waals surface area contributed by atoms with E-state index in [0.717, 1.165) is 10.8 Å². The maximum atomic E-state index is 11.2. The van der Waals surface area contributed by atoms with E-state index in [1.807, 2.05) is 4.98 Å². The molecule has 0 saturated carbocycles. The molecule has 0 spiro atoms. The summed E-state index contributed by atoms with van der Waals surface area (Å²) in [6, 6.07) is 1.67. The molecule has 2 N–H and O–H groups in total. The van der Waals surface area contributed by atoms with Crippen molar-refractivity contribution in [1.82, 2.24) is 9.55 Å². The van der Waals surface area contributed by atoms with Crippen molar-refractivity contribution in [2.75, 3.05) is 0 Å². The molecule has 0 aromatic carbocycles. The molecule has 1 heterocycles. The number of nitriles is 1. The summed E-state index contributed by atoms with van der Waals surface area (Å²) in [5, 5.41) is 17.9. The Morgan fingerprint density at radius 2 is 2.33 bits per heavy atom. The Balaban J connectivity index is 3.15. The number of nitrogens with one attached hydrogen (secondary N) is 1. The van der Waals surface area contributed by atoms with Crippen LogP contribution in [0.5, 0.6) is 0 Å². The number of hydrogen-bond acceptors (Lipinski definition) is 4. The summed E-state index contributed by atoms with van der Waals surface area (Å²) >= 11 is 0. The molecular formula is C9H11N3O3. The Labute approximate surface area is 85.4 Å². The Morgan fingerprint density at radius 1 is 1.67 bits per heavy atom. The van der Waals surface area contributed by atoms with Crippen molar-refractivity contribution >= 4 is 0 Å². The van der Waals surface area contributed by atoms with Gasteiger partial charge in [0.25, 0.3) is 5.56 Å². The maximum absolute atomic E-state index is 11.2. The first kappa shape index (κ1) is 11.2. The zero-order chi connectivity index (χ0) is 11.4. The largest absolute Gasteiger partial charge is 0.391 e. The third-order valence-corrected chi connectivity index (χ3v) is 2.01. The van der Waals surface area contributed by atoms with Crippen molar-refractivity contribution in [2.45, 2.75) is 26.0 Å². The van der Waals surface area contributed by atoms with Crippen molar-refractivity contribution in [3.8, 4) is 6.07 Å². The molecule has 0 aliphatic carbocycles. The molecule has 0 aliphatic rings. The summed E-state index contributed by atoms with van der Waals surface area (Å²) in [7, 11) is 0. The van der Waals surface area contributed by atoms with E-state index in [1.165, 1.54) is 0 Å². The lowest BCUT2D eigenvalue weighted by Crippen LogP contribution is -2.33. The van der Waals surface area contributed by atoms with Crippen molar-refractivity contribution < 1.29 is 5.11 Å². The van der Waals surface area contributed by atoms with Crippen LogP contribution in [0.25, 0.3) is 0 Å². The Hall–Kier alpha value is -1.87. The van der Waals surface area contributed by atoms with E-state index in [2.05, 4.69) is 0 Å². The average molecular weight is 209 g/mol. The molecule has 0 bridgehead atoms. The van der Waals surface area contributed by atoms with Crippen LogP contribution in [-0.2, 0) is 6.54 Å². The molecule has 80 valence electrons. The van der Waals surface area contributed by atoms with Crippen molar-refractivity contribution in [3.63, 3.8) is 0 Å². The van der Waals surface area contributed by atoms with Crippen LogP contribution in [0.2, 0.25) is 0 Å². The second kappa shape index (κ2) is 4.57. The van der Waals surface area contributed by atoms with Gasteiger partial charge < -0.3 is 5.11 Å². The summed E-state index contributed by atoms with van der Waals surface area (Å²) in [5.41, 5.74) is -1.46. The summed E-state index contributed by atoms with van der Waals surface area (Å²) in [4.78, 5) is 24.3. The molecule has 1 aromatic heterocycles. The van der Waals surface area contributed by atoms with Gasteiger partial charge in [0.1, 0.15) is 11.6 Å². The van der Waals surface area contributed by atoms with Gasteiger partial charge in [0.15, 0.2) is 0 Å². The predicted molar refractivity (Wildman–Crippen MR) is 52.3 cm³/mol. The molecule has 0 fully saturated rings. The first-order chi connectivity index (χ1) is 7.08. The minimum Gasteiger partial charge on any atom is -0.391 e. The fourth-order valence-corrected chi connectivity index (χ4v) is 1.08. The normalized spacial score (nSPS) is 12.1. The smallest absolute Gasteiger partial charge is 0.328 e. The van der Waals surface area contributed by atoms with Gasteiger partial charge in [0.05, 0.1) is 12.6 Å². The molecule has 1 atom stereocenters. The van der Waals surface area contributed by atoms with Gasteiger partial charge in [-0.25, -0.2) is 4.79 Å². The van der Waals surface area contributed by atoms with E-state index in [4.69, 9.17) is 5.26 Å². The van der Waals surface area contributed by atoms with Crippen LogP contribution in [0, 0.1) is 11.3 Å². The third kappa shape index (κ3) is 2.54. The van der Waals surface area contributed by atoms with Crippen LogP contribution in [0.1, 0.15) is 18.9 Å². The Kier molecular flexibility index (Phi) is 3.42. The molecule has 0 saturated heterocycles. The lowest BCUT2D eigenvalue weighted by Gasteiger charge is -2.09. The molecule has 1 aromatic rings. The molecule has 6 heteroatoms. The summed E-state index contributed by atoms with van der Waals surface area (Å²) < 4.78 is 1.12. The monoisotopic (exact) mass is 209 g/mol. The number of H-pyrrole nitrogens is 1. The molecule has 0 radical (unpaired) electrons. The number of aromatic amines is 1. The van der Waals surface area contributed by atoms with Crippen molar-refractivity contribution in [1.29, 1.82) is 5.26 Å². The molecule has 0 aliphatic heterocycles. The maximum Gasteiger partial charge on any atom is 0.328 e. The highest BCUT2D eigenvalue weighted by Crippen LogP contribution is 1.93. The van der Waals surface area contributed by atoms with Crippen LogP contribution in [-0.4, -0.2) is 20.8 Å². The number of aromatic nitrogens is 2. The molecular weight excluding hydrogens is 198 g/mol. The number of hydrogen-bond donors (Lipinski definition) is 2. The zero-order valence-corrected chi connectivity index (χ0v) is 8.23. The number of nitrogens with zero attached hydrogens (tertiary/aromatic N) is 2. The predicted octanol–water partition coefficient (Wildman–Crippen LogP) is -0.821. The van der Waals surface area contributed by atoms with Gasteiger partial charge in [-0.2, -0.15) is 5.26 Å². The summed E-state index contributed by atoms with van der Waals surface area (Å²) in [5.74, 6) is 0. The quantitative estimate of drug-likeness (QED) is 0.679. The van der Waals surface area contributed by atoms with Gasteiger partial charge in [0, 0.05) is 6.20 Å². The second-order valence-corrected chi connectivity index (χ2v) is 3.13.